The summed E-state index contributed by atoms with van der Waals surface area (Å²) in [5, 5.41) is 10.2. The average molecular weight is 317 g/mol. The van der Waals surface area contributed by atoms with Crippen LogP contribution in [-0.4, -0.2) is 40.6 Å². The lowest BCUT2D eigenvalue weighted by Crippen LogP contribution is -2.29. The highest BCUT2D eigenvalue weighted by Gasteiger charge is 2.36. The molecule has 2 heterocycles. The van der Waals surface area contributed by atoms with E-state index in [0.717, 1.165) is 5.69 Å². The van der Waals surface area contributed by atoms with Gasteiger partial charge in [0, 0.05) is 54.0 Å². The number of carbonyl (C=O) groups excluding carboxylic acids is 1. The van der Waals surface area contributed by atoms with Gasteiger partial charge in [-0.25, -0.2) is 0 Å². The molecule has 2 atom stereocenters. The maximum atomic E-state index is 12.6. The highest BCUT2D eigenvalue weighted by molar-refractivity contribution is 6.30. The molecule has 1 saturated heterocycles. The Morgan fingerprint density at radius 3 is 2.82 bits per heavy atom. The second-order valence-corrected chi connectivity index (χ2v) is 5.96. The van der Waals surface area contributed by atoms with Crippen molar-refractivity contribution in [2.45, 2.75) is 5.92 Å². The average Bonchev–Trinajstić information content (AvgIpc) is 2.99. The number of nitrogens with zero attached hydrogens (tertiary/aromatic N) is 2. The summed E-state index contributed by atoms with van der Waals surface area (Å²) in [6, 6.07) is 12.7. The third-order valence-corrected chi connectivity index (χ3v) is 4.34. The van der Waals surface area contributed by atoms with Gasteiger partial charge in [0.05, 0.1) is 0 Å². The molecule has 4 nitrogen and oxygen atoms in total. The van der Waals surface area contributed by atoms with Gasteiger partial charge in [-0.1, -0.05) is 23.7 Å². The first kappa shape index (κ1) is 15.0. The number of hydrogen-bond donors (Lipinski definition) is 1. The monoisotopic (exact) mass is 316 g/mol. The second-order valence-electron chi connectivity index (χ2n) is 5.52. The summed E-state index contributed by atoms with van der Waals surface area (Å²) >= 11 is 5.96. The molecular formula is C17H17ClN2O2. The molecule has 114 valence electrons. The molecule has 1 fully saturated rings. The summed E-state index contributed by atoms with van der Waals surface area (Å²) in [6.07, 6.45) is 1.74. The van der Waals surface area contributed by atoms with Gasteiger partial charge in [-0.2, -0.15) is 0 Å². The molecule has 3 rings (SSSR count). The van der Waals surface area contributed by atoms with E-state index < -0.39 is 0 Å². The molecule has 0 spiro atoms. The third kappa shape index (κ3) is 2.98. The van der Waals surface area contributed by atoms with Crippen molar-refractivity contribution in [2.24, 2.45) is 5.92 Å². The van der Waals surface area contributed by atoms with Gasteiger partial charge in [0.15, 0.2) is 0 Å². The van der Waals surface area contributed by atoms with Crippen LogP contribution in [0.5, 0.6) is 0 Å². The van der Waals surface area contributed by atoms with Crippen LogP contribution in [0.1, 0.15) is 22.0 Å². The molecule has 1 N–H and O–H groups in total. The number of rotatable bonds is 3. The van der Waals surface area contributed by atoms with E-state index in [1.54, 1.807) is 35.4 Å². The number of aromatic nitrogens is 1. The minimum absolute atomic E-state index is 0.0121. The first-order valence-corrected chi connectivity index (χ1v) is 7.63. The fourth-order valence-electron chi connectivity index (χ4n) is 2.96. The Morgan fingerprint density at radius 2 is 2.14 bits per heavy atom. The smallest absolute Gasteiger partial charge is 0.253 e. The minimum atomic E-state index is -0.0561. The Kier molecular flexibility index (Phi) is 4.41. The maximum Gasteiger partial charge on any atom is 0.253 e. The van der Waals surface area contributed by atoms with E-state index in [2.05, 4.69) is 4.98 Å². The molecule has 1 aliphatic heterocycles. The molecule has 0 aliphatic carbocycles. The zero-order valence-electron chi connectivity index (χ0n) is 12.0. The van der Waals surface area contributed by atoms with Crippen molar-refractivity contribution < 1.29 is 9.90 Å². The summed E-state index contributed by atoms with van der Waals surface area (Å²) in [7, 11) is 0. The highest BCUT2D eigenvalue weighted by Crippen LogP contribution is 2.32. The first-order chi connectivity index (χ1) is 10.7. The van der Waals surface area contributed by atoms with Crippen LogP contribution in [0, 0.1) is 5.92 Å². The van der Waals surface area contributed by atoms with Gasteiger partial charge in [0.25, 0.3) is 5.91 Å². The van der Waals surface area contributed by atoms with E-state index in [1.807, 2.05) is 18.2 Å². The predicted octanol–water partition coefficient (Wildman–Crippen LogP) is 2.58. The van der Waals surface area contributed by atoms with Crippen molar-refractivity contribution in [3.63, 3.8) is 0 Å². The Morgan fingerprint density at radius 1 is 1.27 bits per heavy atom. The standard InChI is InChI=1S/C17H17ClN2O2/c18-14-5-3-4-12(8-14)17(22)20-9-13(11-21)15(10-20)16-6-1-2-7-19-16/h1-8,13,15,21H,9-11H2/t13-,15+/m0/s1. The number of aliphatic hydroxyl groups is 1. The fourth-order valence-corrected chi connectivity index (χ4v) is 3.15. The van der Waals surface area contributed by atoms with Crippen molar-refractivity contribution in [3.8, 4) is 0 Å². The van der Waals surface area contributed by atoms with Crippen molar-refractivity contribution in [1.82, 2.24) is 9.88 Å². The van der Waals surface area contributed by atoms with Crippen LogP contribution in [0.4, 0.5) is 0 Å². The lowest BCUT2D eigenvalue weighted by molar-refractivity contribution is 0.0781. The predicted molar refractivity (Wildman–Crippen MR) is 84.9 cm³/mol. The normalized spacial score (nSPS) is 21.1. The Hall–Kier alpha value is -1.91. The van der Waals surface area contributed by atoms with Crippen LogP contribution in [0.2, 0.25) is 5.02 Å². The third-order valence-electron chi connectivity index (χ3n) is 4.10. The van der Waals surface area contributed by atoms with Gasteiger partial charge in [0.2, 0.25) is 0 Å². The first-order valence-electron chi connectivity index (χ1n) is 7.25. The molecule has 0 bridgehead atoms. The SMILES string of the molecule is O=C(c1cccc(Cl)c1)N1C[C@@H](CO)[C@H](c2ccccn2)C1. The van der Waals surface area contributed by atoms with Crippen molar-refractivity contribution >= 4 is 17.5 Å². The summed E-state index contributed by atoms with van der Waals surface area (Å²) < 4.78 is 0. The molecule has 2 aromatic rings. The van der Waals surface area contributed by atoms with E-state index in [0.29, 0.717) is 23.7 Å². The van der Waals surface area contributed by atoms with E-state index in [1.165, 1.54) is 0 Å². The zero-order valence-corrected chi connectivity index (χ0v) is 12.8. The van der Waals surface area contributed by atoms with Gasteiger partial charge in [-0.05, 0) is 30.3 Å². The maximum absolute atomic E-state index is 12.6. The Balaban J connectivity index is 1.81. The molecule has 0 unspecified atom stereocenters. The largest absolute Gasteiger partial charge is 0.396 e. The molecular weight excluding hydrogens is 300 g/mol. The van der Waals surface area contributed by atoms with Gasteiger partial charge in [-0.3, -0.25) is 9.78 Å². The van der Waals surface area contributed by atoms with Gasteiger partial charge in [0.1, 0.15) is 0 Å². The van der Waals surface area contributed by atoms with Crippen molar-refractivity contribution in [3.05, 3.63) is 64.9 Å². The molecule has 1 aliphatic rings. The van der Waals surface area contributed by atoms with E-state index >= 15 is 0 Å². The van der Waals surface area contributed by atoms with Crippen molar-refractivity contribution in [1.29, 1.82) is 0 Å². The number of carbonyl (C=O) groups is 1. The number of amides is 1. The van der Waals surface area contributed by atoms with E-state index in [4.69, 9.17) is 11.6 Å². The second kappa shape index (κ2) is 6.46. The van der Waals surface area contributed by atoms with Crippen molar-refractivity contribution in [2.75, 3.05) is 19.7 Å². The van der Waals surface area contributed by atoms with Gasteiger partial charge >= 0.3 is 0 Å². The van der Waals surface area contributed by atoms with Crippen LogP contribution < -0.4 is 0 Å². The summed E-state index contributed by atoms with van der Waals surface area (Å²) in [6.45, 7) is 1.14. The van der Waals surface area contributed by atoms with Crippen LogP contribution in [0.3, 0.4) is 0 Å². The molecule has 1 aromatic heterocycles. The summed E-state index contributed by atoms with van der Waals surface area (Å²) in [5.41, 5.74) is 1.49. The Labute approximate surface area is 134 Å². The number of pyridine rings is 1. The summed E-state index contributed by atoms with van der Waals surface area (Å²) in [4.78, 5) is 18.7. The number of halogens is 1. The fraction of sp³-hybridized carbons (Fsp3) is 0.294. The minimum Gasteiger partial charge on any atom is -0.396 e. The van der Waals surface area contributed by atoms with Gasteiger partial charge in [-0.15, -0.1) is 0 Å². The molecule has 22 heavy (non-hydrogen) atoms. The van der Waals surface area contributed by atoms with E-state index in [9.17, 15) is 9.90 Å². The van der Waals surface area contributed by atoms with E-state index in [-0.39, 0.29) is 24.3 Å². The van der Waals surface area contributed by atoms with Crippen LogP contribution in [0.15, 0.2) is 48.7 Å². The molecule has 1 aromatic carbocycles. The highest BCUT2D eigenvalue weighted by atomic mass is 35.5. The molecule has 0 saturated carbocycles. The summed E-state index contributed by atoms with van der Waals surface area (Å²) in [5.74, 6) is 0.0201. The topological polar surface area (TPSA) is 53.4 Å². The number of aliphatic hydroxyl groups excluding tert-OH is 1. The zero-order chi connectivity index (χ0) is 15.5. The number of benzene rings is 1. The lowest BCUT2D eigenvalue weighted by Gasteiger charge is -2.16. The molecule has 0 radical (unpaired) electrons. The van der Waals surface area contributed by atoms with Crippen LogP contribution in [0.25, 0.3) is 0 Å². The van der Waals surface area contributed by atoms with Crippen LogP contribution >= 0.6 is 11.6 Å². The Bertz CT molecular complexity index is 663. The van der Waals surface area contributed by atoms with Gasteiger partial charge < -0.3 is 10.0 Å². The van der Waals surface area contributed by atoms with Crippen LogP contribution in [-0.2, 0) is 0 Å². The quantitative estimate of drug-likeness (QED) is 0.947. The molecule has 1 amide bonds. The molecule has 5 heteroatoms. The number of hydrogen-bond acceptors (Lipinski definition) is 3. The lowest BCUT2D eigenvalue weighted by atomic mass is 9.93. The number of likely N-dealkylation sites (tertiary alicyclic amines) is 1.